The van der Waals surface area contributed by atoms with Gasteiger partial charge in [-0.15, -0.1) is 0 Å². The monoisotopic (exact) mass is 740 g/mol. The minimum absolute atomic E-state index is 0.0406. The van der Waals surface area contributed by atoms with Gasteiger partial charge in [0.05, 0.1) is 36.6 Å². The lowest BCUT2D eigenvalue weighted by atomic mass is 9.90. The van der Waals surface area contributed by atoms with Crippen LogP contribution in [0.1, 0.15) is 32.3 Å². The van der Waals surface area contributed by atoms with Crippen LogP contribution in [0, 0.1) is 41.2 Å². The minimum Gasteiger partial charge on any atom is -0.459 e. The van der Waals surface area contributed by atoms with Crippen LogP contribution in [-0.2, 0) is 35.4 Å². The van der Waals surface area contributed by atoms with Crippen LogP contribution in [0.2, 0.25) is 0 Å². The van der Waals surface area contributed by atoms with Crippen LogP contribution in [0.15, 0.2) is 47.4 Å². The maximum Gasteiger partial charge on any atom is 0.306 e. The molecule has 2 aromatic carbocycles. The van der Waals surface area contributed by atoms with Gasteiger partial charge >= 0.3 is 5.97 Å². The number of aromatic nitrogens is 1. The molecule has 276 valence electrons. The van der Waals surface area contributed by atoms with Gasteiger partial charge in [-0.25, -0.2) is 12.8 Å². The molecule has 51 heavy (non-hydrogen) atoms. The predicted molar refractivity (Wildman–Crippen MR) is 168 cm³/mol. The molecule has 0 amide bonds. The van der Waals surface area contributed by atoms with E-state index in [1.807, 2.05) is 13.8 Å². The molecule has 0 aliphatic carbocycles. The Hall–Kier alpha value is -4.03. The standard InChI is InChI=1S/C34H36F4N2O10S/c1-18(2)14-40(51(43,44)22-7-8-25-26(13-22)48-17-47-25)15-24(41)20(12-28(42)50-27-16-46-34-23(27)9-10-45-34)11-19-3-5-21(6-4-19)49-33-31(37)29(35)30(36)32(38)39-33/h3-8,13,18,20,23-24,27,34,41H,9-12,14-17H2,1-2H3/t20-,23+,24-,27+,34?/m1/s1. The Labute approximate surface area is 291 Å². The second kappa shape index (κ2) is 15.3. The highest BCUT2D eigenvalue weighted by Crippen LogP contribution is 2.36. The van der Waals surface area contributed by atoms with Crippen LogP contribution < -0.4 is 14.2 Å². The summed E-state index contributed by atoms with van der Waals surface area (Å²) in [5.41, 5.74) is 0.534. The molecule has 3 aromatic rings. The molecule has 0 radical (unpaired) electrons. The Morgan fingerprint density at radius 3 is 2.49 bits per heavy atom. The van der Waals surface area contributed by atoms with Gasteiger partial charge in [0.1, 0.15) is 11.9 Å². The number of benzene rings is 2. The number of halogens is 4. The molecular weight excluding hydrogens is 704 g/mol. The van der Waals surface area contributed by atoms with E-state index in [0.717, 1.165) is 4.31 Å². The fraction of sp³-hybridized carbons (Fsp3) is 0.471. The van der Waals surface area contributed by atoms with E-state index >= 15 is 0 Å². The Balaban J connectivity index is 1.21. The summed E-state index contributed by atoms with van der Waals surface area (Å²) in [6.45, 7) is 3.92. The van der Waals surface area contributed by atoms with E-state index in [1.54, 1.807) is 0 Å². The lowest BCUT2D eigenvalue weighted by Crippen LogP contribution is -2.43. The smallest absolute Gasteiger partial charge is 0.306 e. The third-order valence-corrected chi connectivity index (χ3v) is 10.6. The van der Waals surface area contributed by atoms with E-state index in [-0.39, 0.29) is 67.6 Å². The lowest BCUT2D eigenvalue weighted by Gasteiger charge is -2.30. The number of hydrogen-bond acceptors (Lipinski definition) is 11. The fourth-order valence-electron chi connectivity index (χ4n) is 6.19. The van der Waals surface area contributed by atoms with Gasteiger partial charge < -0.3 is 33.5 Å². The first-order valence-electron chi connectivity index (χ1n) is 16.3. The highest BCUT2D eigenvalue weighted by molar-refractivity contribution is 7.89. The largest absolute Gasteiger partial charge is 0.459 e. The zero-order valence-electron chi connectivity index (χ0n) is 27.6. The third kappa shape index (κ3) is 8.22. The summed E-state index contributed by atoms with van der Waals surface area (Å²) in [5, 5.41) is 11.7. The number of pyridine rings is 1. The number of rotatable bonds is 14. The first-order valence-corrected chi connectivity index (χ1v) is 17.7. The summed E-state index contributed by atoms with van der Waals surface area (Å²) < 4.78 is 116. The Bertz CT molecular complexity index is 1850. The Kier molecular flexibility index (Phi) is 11.0. The normalized spacial score (nSPS) is 20.8. The molecule has 0 saturated carbocycles. The number of nitrogens with zero attached hydrogens (tertiary/aromatic N) is 2. The van der Waals surface area contributed by atoms with E-state index in [9.17, 15) is 35.9 Å². The number of fused-ring (bicyclic) bond motifs is 2. The molecule has 1 aromatic heterocycles. The van der Waals surface area contributed by atoms with Gasteiger partial charge in [-0.2, -0.15) is 22.5 Å². The van der Waals surface area contributed by atoms with Crippen LogP contribution >= 0.6 is 0 Å². The summed E-state index contributed by atoms with van der Waals surface area (Å²) in [4.78, 5) is 16.2. The van der Waals surface area contributed by atoms with Crippen molar-refractivity contribution in [3.8, 4) is 23.1 Å². The van der Waals surface area contributed by atoms with E-state index < -0.39 is 69.7 Å². The van der Waals surface area contributed by atoms with Crippen molar-refractivity contribution in [2.75, 3.05) is 33.1 Å². The summed E-state index contributed by atoms with van der Waals surface area (Å²) in [6.07, 6.45) is -1.97. The van der Waals surface area contributed by atoms with Crippen LogP contribution in [-0.4, -0.2) is 80.4 Å². The first-order chi connectivity index (χ1) is 24.3. The van der Waals surface area contributed by atoms with Gasteiger partial charge in [0.2, 0.25) is 34.3 Å². The highest BCUT2D eigenvalue weighted by Gasteiger charge is 2.44. The summed E-state index contributed by atoms with van der Waals surface area (Å²) in [6, 6.07) is 9.87. The molecule has 3 aliphatic heterocycles. The minimum atomic E-state index is -4.16. The second-order valence-electron chi connectivity index (χ2n) is 12.9. The van der Waals surface area contributed by atoms with Crippen molar-refractivity contribution >= 4 is 16.0 Å². The number of carbonyl (C=O) groups excluding carboxylic acids is 1. The Morgan fingerprint density at radius 2 is 1.75 bits per heavy atom. The second-order valence-corrected chi connectivity index (χ2v) is 14.9. The average molecular weight is 741 g/mol. The average Bonchev–Trinajstić information content (AvgIpc) is 3.85. The van der Waals surface area contributed by atoms with Gasteiger partial charge in [-0.3, -0.25) is 4.79 Å². The first kappa shape index (κ1) is 36.8. The molecule has 4 heterocycles. The van der Waals surface area contributed by atoms with Gasteiger partial charge in [-0.1, -0.05) is 26.0 Å². The van der Waals surface area contributed by atoms with Crippen molar-refractivity contribution in [3.63, 3.8) is 0 Å². The lowest BCUT2D eigenvalue weighted by molar-refractivity contribution is -0.153. The van der Waals surface area contributed by atoms with Crippen molar-refractivity contribution in [2.24, 2.45) is 17.8 Å². The van der Waals surface area contributed by atoms with Crippen molar-refractivity contribution in [2.45, 2.75) is 56.5 Å². The number of aliphatic hydroxyl groups excluding tert-OH is 1. The SMILES string of the molecule is CC(C)CN(C[C@@H](O)[C@@H](CC(=O)O[C@H]1COC2OCC[C@H]21)Cc1ccc(Oc2nc(F)c(F)c(F)c2F)cc1)S(=O)(=O)c1ccc2c(c1)OCO2. The van der Waals surface area contributed by atoms with Crippen molar-refractivity contribution in [1.82, 2.24) is 9.29 Å². The number of carbonyl (C=O) groups is 1. The molecule has 0 spiro atoms. The van der Waals surface area contributed by atoms with Crippen molar-refractivity contribution < 1.29 is 64.3 Å². The maximum absolute atomic E-state index is 14.1. The summed E-state index contributed by atoms with van der Waals surface area (Å²) in [7, 11) is -4.16. The molecule has 2 saturated heterocycles. The molecular formula is C34H36F4N2O10S. The molecule has 12 nitrogen and oxygen atoms in total. The number of aliphatic hydroxyl groups is 1. The number of sulfonamides is 1. The zero-order chi connectivity index (χ0) is 36.4. The molecule has 1 unspecified atom stereocenters. The van der Waals surface area contributed by atoms with Crippen LogP contribution in [0.3, 0.4) is 0 Å². The predicted octanol–water partition coefficient (Wildman–Crippen LogP) is 4.72. The van der Waals surface area contributed by atoms with Crippen molar-refractivity contribution in [3.05, 3.63) is 71.4 Å². The fourth-order valence-corrected chi connectivity index (χ4v) is 7.83. The van der Waals surface area contributed by atoms with E-state index in [1.165, 1.54) is 42.5 Å². The van der Waals surface area contributed by atoms with Gasteiger partial charge in [0.25, 0.3) is 11.8 Å². The highest BCUT2D eigenvalue weighted by atomic mass is 32.2. The third-order valence-electron chi connectivity index (χ3n) is 8.77. The molecule has 3 aliphatic rings. The van der Waals surface area contributed by atoms with Crippen molar-refractivity contribution in [1.29, 1.82) is 0 Å². The molecule has 1 N–H and O–H groups in total. The van der Waals surface area contributed by atoms with E-state index in [0.29, 0.717) is 24.3 Å². The summed E-state index contributed by atoms with van der Waals surface area (Å²) >= 11 is 0. The quantitative estimate of drug-likeness (QED) is 0.139. The molecule has 6 rings (SSSR count). The number of hydrogen-bond donors (Lipinski definition) is 1. The Morgan fingerprint density at radius 1 is 1.00 bits per heavy atom. The zero-order valence-corrected chi connectivity index (χ0v) is 28.4. The van der Waals surface area contributed by atoms with E-state index in [2.05, 4.69) is 4.98 Å². The van der Waals surface area contributed by atoms with Crippen LogP contribution in [0.25, 0.3) is 0 Å². The summed E-state index contributed by atoms with van der Waals surface area (Å²) in [5.74, 6) is -10.1. The van der Waals surface area contributed by atoms with E-state index in [4.69, 9.17) is 28.4 Å². The number of esters is 1. The molecule has 0 bridgehead atoms. The topological polar surface area (TPSA) is 143 Å². The van der Waals surface area contributed by atoms with Gasteiger partial charge in [0.15, 0.2) is 17.8 Å². The maximum atomic E-state index is 14.1. The van der Waals surface area contributed by atoms with Crippen LogP contribution in [0.4, 0.5) is 17.6 Å². The number of ether oxygens (including phenoxy) is 6. The molecule has 5 atom stereocenters. The van der Waals surface area contributed by atoms with Gasteiger partial charge in [-0.05, 0) is 48.6 Å². The molecule has 17 heteroatoms. The molecule has 2 fully saturated rings. The van der Waals surface area contributed by atoms with Gasteiger partial charge in [0, 0.05) is 25.1 Å². The van der Waals surface area contributed by atoms with Crippen LogP contribution in [0.5, 0.6) is 23.1 Å².